The first-order chi connectivity index (χ1) is 9.40. The van der Waals surface area contributed by atoms with Gasteiger partial charge >= 0.3 is 6.09 Å². The Morgan fingerprint density at radius 2 is 1.85 bits per heavy atom. The van der Waals surface area contributed by atoms with Crippen molar-refractivity contribution in [2.75, 3.05) is 26.2 Å². The van der Waals surface area contributed by atoms with E-state index in [-0.39, 0.29) is 11.7 Å². The van der Waals surface area contributed by atoms with Gasteiger partial charge in [-0.3, -0.25) is 4.90 Å². The fourth-order valence-corrected chi connectivity index (χ4v) is 4.16. The van der Waals surface area contributed by atoms with Gasteiger partial charge in [-0.1, -0.05) is 0 Å². The number of likely N-dealkylation sites (tertiary alicyclic amines) is 2. The molecular weight excluding hydrogens is 252 g/mol. The Balaban J connectivity index is 1.60. The maximum absolute atomic E-state index is 12.2. The van der Waals surface area contributed by atoms with E-state index in [1.54, 1.807) is 0 Å². The fourth-order valence-electron chi connectivity index (χ4n) is 4.16. The van der Waals surface area contributed by atoms with E-state index in [4.69, 9.17) is 4.74 Å². The molecule has 2 aliphatic heterocycles. The Morgan fingerprint density at radius 3 is 2.40 bits per heavy atom. The summed E-state index contributed by atoms with van der Waals surface area (Å²) in [5, 5.41) is 0. The molecular formula is C16H28N2O2. The van der Waals surface area contributed by atoms with E-state index in [0.717, 1.165) is 25.6 Å². The third-order valence-corrected chi connectivity index (χ3v) is 5.24. The van der Waals surface area contributed by atoms with Crippen molar-refractivity contribution in [3.05, 3.63) is 0 Å². The van der Waals surface area contributed by atoms with Gasteiger partial charge in [-0.15, -0.1) is 0 Å². The lowest BCUT2D eigenvalue weighted by Gasteiger charge is -2.51. The smallest absolute Gasteiger partial charge is 0.410 e. The second-order valence-electron chi connectivity index (χ2n) is 7.81. The number of hydrogen-bond donors (Lipinski definition) is 0. The summed E-state index contributed by atoms with van der Waals surface area (Å²) >= 11 is 0. The summed E-state index contributed by atoms with van der Waals surface area (Å²) in [6, 6.07) is 0.720. The zero-order chi connectivity index (χ0) is 14.4. The average Bonchev–Trinajstić information content (AvgIpc) is 2.94. The second-order valence-corrected chi connectivity index (χ2v) is 7.81. The van der Waals surface area contributed by atoms with Crippen LogP contribution in [0, 0.1) is 5.41 Å². The van der Waals surface area contributed by atoms with E-state index >= 15 is 0 Å². The van der Waals surface area contributed by atoms with Crippen LogP contribution in [-0.4, -0.2) is 53.7 Å². The number of hydrogen-bond acceptors (Lipinski definition) is 3. The first-order valence-corrected chi connectivity index (χ1v) is 8.12. The Labute approximate surface area is 122 Å². The van der Waals surface area contributed by atoms with Crippen LogP contribution in [0.2, 0.25) is 0 Å². The lowest BCUT2D eigenvalue weighted by Crippen LogP contribution is -2.56. The first kappa shape index (κ1) is 14.2. The molecule has 0 aromatic heterocycles. The van der Waals surface area contributed by atoms with E-state index in [1.807, 2.05) is 25.7 Å². The zero-order valence-corrected chi connectivity index (χ0v) is 13.2. The number of carbonyl (C=O) groups excluding carboxylic acids is 1. The SMILES string of the molecule is CC(C)(C)OC(=O)N1CC[C@@]2(CCC2N2CCCC2)C1. The molecule has 3 aliphatic rings. The van der Waals surface area contributed by atoms with Crippen LogP contribution in [-0.2, 0) is 4.74 Å². The van der Waals surface area contributed by atoms with Crippen molar-refractivity contribution in [2.45, 2.75) is 64.5 Å². The van der Waals surface area contributed by atoms with Gasteiger partial charge in [0.05, 0.1) is 0 Å². The summed E-state index contributed by atoms with van der Waals surface area (Å²) in [6.45, 7) is 10.1. The van der Waals surface area contributed by atoms with Crippen LogP contribution in [0.25, 0.3) is 0 Å². The Bertz CT molecular complexity index is 384. The number of nitrogens with zero attached hydrogens (tertiary/aromatic N) is 2. The number of amides is 1. The Kier molecular flexibility index (Phi) is 3.47. The predicted molar refractivity (Wildman–Crippen MR) is 78.7 cm³/mol. The average molecular weight is 280 g/mol. The van der Waals surface area contributed by atoms with Crippen LogP contribution in [0.4, 0.5) is 4.79 Å². The molecule has 0 aromatic carbocycles. The van der Waals surface area contributed by atoms with Gasteiger partial charge in [0.2, 0.25) is 0 Å². The molecule has 1 saturated carbocycles. The molecule has 0 aromatic rings. The highest BCUT2D eigenvalue weighted by Gasteiger charge is 2.54. The van der Waals surface area contributed by atoms with Crippen LogP contribution in [0.15, 0.2) is 0 Å². The van der Waals surface area contributed by atoms with Crippen LogP contribution in [0.3, 0.4) is 0 Å². The number of carbonyl (C=O) groups is 1. The molecule has 3 rings (SSSR count). The highest BCUT2D eigenvalue weighted by molar-refractivity contribution is 5.68. The highest BCUT2D eigenvalue weighted by atomic mass is 16.6. The van der Waals surface area contributed by atoms with E-state index in [2.05, 4.69) is 4.90 Å². The second kappa shape index (κ2) is 4.90. The molecule has 114 valence electrons. The van der Waals surface area contributed by atoms with Gasteiger partial charge in [0, 0.05) is 24.5 Å². The first-order valence-electron chi connectivity index (χ1n) is 8.12. The molecule has 1 amide bonds. The van der Waals surface area contributed by atoms with Crippen LogP contribution >= 0.6 is 0 Å². The van der Waals surface area contributed by atoms with Crippen molar-refractivity contribution in [1.82, 2.24) is 9.80 Å². The molecule has 3 fully saturated rings. The minimum atomic E-state index is -0.388. The van der Waals surface area contributed by atoms with Gasteiger partial charge < -0.3 is 9.64 Å². The summed E-state index contributed by atoms with van der Waals surface area (Å²) in [7, 11) is 0. The summed E-state index contributed by atoms with van der Waals surface area (Å²) in [5.74, 6) is 0. The molecule has 4 nitrogen and oxygen atoms in total. The number of rotatable bonds is 1. The van der Waals surface area contributed by atoms with E-state index in [1.165, 1.54) is 38.8 Å². The molecule has 1 unspecified atom stereocenters. The van der Waals surface area contributed by atoms with Gasteiger partial charge in [0.15, 0.2) is 0 Å². The van der Waals surface area contributed by atoms with Crippen molar-refractivity contribution in [3.8, 4) is 0 Å². The molecule has 4 heteroatoms. The van der Waals surface area contributed by atoms with Gasteiger partial charge in [-0.05, 0) is 66.0 Å². The zero-order valence-electron chi connectivity index (χ0n) is 13.2. The lowest BCUT2D eigenvalue weighted by molar-refractivity contribution is -0.0136. The number of ether oxygens (including phenoxy) is 1. The Morgan fingerprint density at radius 1 is 1.15 bits per heavy atom. The molecule has 0 bridgehead atoms. The van der Waals surface area contributed by atoms with Gasteiger partial charge in [0.25, 0.3) is 0 Å². The largest absolute Gasteiger partial charge is 0.444 e. The minimum Gasteiger partial charge on any atom is -0.444 e. The molecule has 1 spiro atoms. The molecule has 0 radical (unpaired) electrons. The van der Waals surface area contributed by atoms with Crippen LogP contribution in [0.1, 0.15) is 52.9 Å². The summed E-state index contributed by atoms with van der Waals surface area (Å²) in [6.07, 6.45) is 6.34. The van der Waals surface area contributed by atoms with Crippen molar-refractivity contribution >= 4 is 6.09 Å². The molecule has 1 aliphatic carbocycles. The third kappa shape index (κ3) is 2.54. The molecule has 0 N–H and O–H groups in total. The lowest BCUT2D eigenvalue weighted by atomic mass is 9.63. The monoisotopic (exact) mass is 280 g/mol. The third-order valence-electron chi connectivity index (χ3n) is 5.24. The molecule has 20 heavy (non-hydrogen) atoms. The molecule has 2 heterocycles. The van der Waals surface area contributed by atoms with Gasteiger partial charge in [-0.25, -0.2) is 4.79 Å². The molecule has 2 atom stereocenters. The van der Waals surface area contributed by atoms with Crippen molar-refractivity contribution in [3.63, 3.8) is 0 Å². The summed E-state index contributed by atoms with van der Waals surface area (Å²) in [4.78, 5) is 16.8. The van der Waals surface area contributed by atoms with E-state index in [0.29, 0.717) is 5.41 Å². The maximum Gasteiger partial charge on any atom is 0.410 e. The van der Waals surface area contributed by atoms with Crippen LogP contribution < -0.4 is 0 Å². The maximum atomic E-state index is 12.2. The normalized spacial score (nSPS) is 34.5. The van der Waals surface area contributed by atoms with Crippen molar-refractivity contribution in [1.29, 1.82) is 0 Å². The van der Waals surface area contributed by atoms with E-state index in [9.17, 15) is 4.79 Å². The summed E-state index contributed by atoms with van der Waals surface area (Å²) in [5.41, 5.74) is -0.0119. The highest BCUT2D eigenvalue weighted by Crippen LogP contribution is 2.51. The van der Waals surface area contributed by atoms with Crippen molar-refractivity contribution in [2.24, 2.45) is 5.41 Å². The molecule has 2 saturated heterocycles. The van der Waals surface area contributed by atoms with Crippen LogP contribution in [0.5, 0.6) is 0 Å². The minimum absolute atomic E-state index is 0.124. The predicted octanol–water partition coefficient (Wildman–Crippen LogP) is 2.87. The topological polar surface area (TPSA) is 32.8 Å². The van der Waals surface area contributed by atoms with Crippen molar-refractivity contribution < 1.29 is 9.53 Å². The van der Waals surface area contributed by atoms with E-state index < -0.39 is 0 Å². The van der Waals surface area contributed by atoms with Gasteiger partial charge in [0.1, 0.15) is 5.60 Å². The fraction of sp³-hybridized carbons (Fsp3) is 0.938. The quantitative estimate of drug-likeness (QED) is 0.740. The Hall–Kier alpha value is -0.770. The standard InChI is InChI=1S/C16H28N2O2/c1-15(2,3)20-14(19)18-11-8-16(12-18)7-6-13(16)17-9-4-5-10-17/h13H,4-12H2,1-3H3/t13?,16-/m0/s1. The summed E-state index contributed by atoms with van der Waals surface area (Å²) < 4.78 is 5.52. The van der Waals surface area contributed by atoms with Gasteiger partial charge in [-0.2, -0.15) is 0 Å².